The van der Waals surface area contributed by atoms with Gasteiger partial charge in [-0.25, -0.2) is 4.68 Å². The zero-order valence-corrected chi connectivity index (χ0v) is 14.8. The van der Waals surface area contributed by atoms with E-state index in [-0.39, 0.29) is 17.1 Å². The van der Waals surface area contributed by atoms with Crippen LogP contribution in [-0.4, -0.2) is 40.9 Å². The first-order chi connectivity index (χ1) is 13.3. The lowest BCUT2D eigenvalue weighted by molar-refractivity contribution is -0.133. The Bertz CT molecular complexity index is 811. The van der Waals surface area contributed by atoms with Crippen LogP contribution in [0.3, 0.4) is 0 Å². The lowest BCUT2D eigenvalue weighted by Gasteiger charge is -2.22. The van der Waals surface area contributed by atoms with E-state index in [9.17, 15) is 22.8 Å². The van der Waals surface area contributed by atoms with Gasteiger partial charge in [0.05, 0.1) is 24.6 Å². The number of nitrogens with zero attached hydrogens (tertiary/aromatic N) is 2. The molecule has 1 unspecified atom stereocenters. The Morgan fingerprint density at radius 2 is 2.11 bits per heavy atom. The molecule has 152 valence electrons. The number of hydrogen-bond donors (Lipinski definition) is 2. The molecule has 0 aliphatic carbocycles. The first-order valence-electron chi connectivity index (χ1n) is 8.74. The Balaban J connectivity index is 1.78. The standard InChI is InChI=1S/C17H19F3N4O4/c18-17(19,20)6-7-21-16(26)14-11(22-15(25)12-4-3-9-27-12)10-24(23-14)13-5-1-2-8-28-13/h3-4,9-10,13H,1-2,5-8H2,(H,21,26)(H,22,25). The van der Waals surface area contributed by atoms with Crippen molar-refractivity contribution < 1.29 is 31.9 Å². The summed E-state index contributed by atoms with van der Waals surface area (Å²) < 4.78 is 48.9. The molecule has 1 saturated heterocycles. The van der Waals surface area contributed by atoms with Crippen LogP contribution in [-0.2, 0) is 4.74 Å². The van der Waals surface area contributed by atoms with Gasteiger partial charge in [-0.15, -0.1) is 0 Å². The number of nitrogens with one attached hydrogen (secondary N) is 2. The fourth-order valence-electron chi connectivity index (χ4n) is 2.72. The maximum Gasteiger partial charge on any atom is 0.390 e. The first kappa shape index (κ1) is 19.9. The molecule has 0 aromatic carbocycles. The topological polar surface area (TPSA) is 98.4 Å². The number of carbonyl (C=O) groups is 2. The number of ether oxygens (including phenoxy) is 1. The molecule has 3 heterocycles. The third-order valence-corrected chi connectivity index (χ3v) is 4.08. The van der Waals surface area contributed by atoms with Crippen molar-refractivity contribution in [2.24, 2.45) is 0 Å². The fraction of sp³-hybridized carbons (Fsp3) is 0.471. The highest BCUT2D eigenvalue weighted by molar-refractivity contribution is 6.06. The van der Waals surface area contributed by atoms with Crippen molar-refractivity contribution in [2.75, 3.05) is 18.5 Å². The van der Waals surface area contributed by atoms with Crippen molar-refractivity contribution in [1.29, 1.82) is 0 Å². The minimum Gasteiger partial charge on any atom is -0.459 e. The summed E-state index contributed by atoms with van der Waals surface area (Å²) in [5, 5.41) is 8.81. The van der Waals surface area contributed by atoms with Crippen molar-refractivity contribution >= 4 is 17.5 Å². The smallest absolute Gasteiger partial charge is 0.390 e. The largest absolute Gasteiger partial charge is 0.459 e. The van der Waals surface area contributed by atoms with E-state index in [4.69, 9.17) is 9.15 Å². The number of halogens is 3. The summed E-state index contributed by atoms with van der Waals surface area (Å²) in [4.78, 5) is 24.6. The summed E-state index contributed by atoms with van der Waals surface area (Å²) in [6, 6.07) is 2.96. The second-order valence-electron chi connectivity index (χ2n) is 6.25. The van der Waals surface area contributed by atoms with Gasteiger partial charge >= 0.3 is 6.18 Å². The minimum atomic E-state index is -4.39. The maximum atomic E-state index is 12.3. The average Bonchev–Trinajstić information content (AvgIpc) is 3.31. The van der Waals surface area contributed by atoms with Crippen LogP contribution in [0, 0.1) is 0 Å². The number of furan rings is 1. The van der Waals surface area contributed by atoms with Gasteiger partial charge in [-0.1, -0.05) is 0 Å². The van der Waals surface area contributed by atoms with Crippen LogP contribution in [0.2, 0.25) is 0 Å². The van der Waals surface area contributed by atoms with E-state index in [1.165, 1.54) is 29.3 Å². The predicted octanol–water partition coefficient (Wildman–Crippen LogP) is 3.11. The Morgan fingerprint density at radius 3 is 2.75 bits per heavy atom. The Kier molecular flexibility index (Phi) is 6.02. The van der Waals surface area contributed by atoms with Crippen molar-refractivity contribution in [3.05, 3.63) is 36.0 Å². The zero-order valence-electron chi connectivity index (χ0n) is 14.8. The number of anilines is 1. The van der Waals surface area contributed by atoms with Crippen molar-refractivity contribution in [1.82, 2.24) is 15.1 Å². The molecule has 8 nitrogen and oxygen atoms in total. The molecule has 0 radical (unpaired) electrons. The third-order valence-electron chi connectivity index (χ3n) is 4.08. The van der Waals surface area contributed by atoms with Crippen LogP contribution in [0.15, 0.2) is 29.0 Å². The predicted molar refractivity (Wildman–Crippen MR) is 90.7 cm³/mol. The number of amides is 2. The number of alkyl halides is 3. The summed E-state index contributed by atoms with van der Waals surface area (Å²) >= 11 is 0. The summed E-state index contributed by atoms with van der Waals surface area (Å²) in [6.07, 6.45) is -0.740. The minimum absolute atomic E-state index is 0.0186. The third kappa shape index (κ3) is 5.12. The molecule has 1 atom stereocenters. The quantitative estimate of drug-likeness (QED) is 0.776. The van der Waals surface area contributed by atoms with Crippen LogP contribution in [0.4, 0.5) is 18.9 Å². The molecular weight excluding hydrogens is 381 g/mol. The molecule has 1 fully saturated rings. The molecule has 28 heavy (non-hydrogen) atoms. The summed E-state index contributed by atoms with van der Waals surface area (Å²) in [5.41, 5.74) is -0.142. The van der Waals surface area contributed by atoms with E-state index in [0.29, 0.717) is 13.0 Å². The molecular formula is C17H19F3N4O4. The molecule has 0 saturated carbocycles. The monoisotopic (exact) mass is 400 g/mol. The molecule has 3 rings (SSSR count). The van der Waals surface area contributed by atoms with Gasteiger partial charge in [0.2, 0.25) is 0 Å². The summed E-state index contributed by atoms with van der Waals surface area (Å²) in [6.45, 7) is -0.0631. The van der Waals surface area contributed by atoms with E-state index >= 15 is 0 Å². The molecule has 0 spiro atoms. The van der Waals surface area contributed by atoms with Gasteiger partial charge in [-0.05, 0) is 31.4 Å². The van der Waals surface area contributed by atoms with E-state index in [1.54, 1.807) is 0 Å². The van der Waals surface area contributed by atoms with Crippen molar-refractivity contribution in [2.45, 2.75) is 38.1 Å². The van der Waals surface area contributed by atoms with Gasteiger partial charge in [-0.2, -0.15) is 18.3 Å². The first-order valence-corrected chi connectivity index (χ1v) is 8.74. The summed E-state index contributed by atoms with van der Waals surface area (Å²) in [5.74, 6) is -1.42. The Morgan fingerprint density at radius 1 is 1.29 bits per heavy atom. The fourth-order valence-corrected chi connectivity index (χ4v) is 2.72. The molecule has 1 aliphatic rings. The van der Waals surface area contributed by atoms with E-state index in [1.807, 2.05) is 0 Å². The number of rotatable bonds is 6. The van der Waals surface area contributed by atoms with Gasteiger partial charge in [0.25, 0.3) is 11.8 Å². The van der Waals surface area contributed by atoms with Crippen LogP contribution in [0.5, 0.6) is 0 Å². The summed E-state index contributed by atoms with van der Waals surface area (Å²) in [7, 11) is 0. The zero-order chi connectivity index (χ0) is 20.1. The van der Waals surface area contributed by atoms with E-state index < -0.39 is 37.2 Å². The van der Waals surface area contributed by atoms with Crippen LogP contribution >= 0.6 is 0 Å². The van der Waals surface area contributed by atoms with E-state index in [2.05, 4.69) is 15.7 Å². The van der Waals surface area contributed by atoms with Crippen LogP contribution < -0.4 is 10.6 Å². The van der Waals surface area contributed by atoms with Gasteiger partial charge in [-0.3, -0.25) is 9.59 Å². The average molecular weight is 400 g/mol. The second-order valence-corrected chi connectivity index (χ2v) is 6.25. The van der Waals surface area contributed by atoms with Crippen LogP contribution in [0.1, 0.15) is 53.0 Å². The molecule has 0 bridgehead atoms. The van der Waals surface area contributed by atoms with Crippen molar-refractivity contribution in [3.8, 4) is 0 Å². The SMILES string of the molecule is O=C(Nc1cn(C2CCCCO2)nc1C(=O)NCCC(F)(F)F)c1ccco1. The Labute approximate surface area is 158 Å². The molecule has 11 heteroatoms. The second kappa shape index (κ2) is 8.46. The molecule has 2 aromatic rings. The van der Waals surface area contributed by atoms with Crippen LogP contribution in [0.25, 0.3) is 0 Å². The number of hydrogen-bond acceptors (Lipinski definition) is 5. The Hall–Kier alpha value is -2.82. The molecule has 2 amide bonds. The maximum absolute atomic E-state index is 12.3. The molecule has 2 aromatic heterocycles. The molecule has 2 N–H and O–H groups in total. The number of carbonyl (C=O) groups excluding carboxylic acids is 2. The van der Waals surface area contributed by atoms with Crippen molar-refractivity contribution in [3.63, 3.8) is 0 Å². The highest BCUT2D eigenvalue weighted by Crippen LogP contribution is 2.25. The van der Waals surface area contributed by atoms with Gasteiger partial charge < -0.3 is 19.8 Å². The highest BCUT2D eigenvalue weighted by atomic mass is 19.4. The normalized spacial score (nSPS) is 17.3. The lowest BCUT2D eigenvalue weighted by atomic mass is 10.2. The molecule has 1 aliphatic heterocycles. The van der Waals surface area contributed by atoms with Gasteiger partial charge in [0, 0.05) is 13.2 Å². The highest BCUT2D eigenvalue weighted by Gasteiger charge is 2.28. The van der Waals surface area contributed by atoms with Gasteiger partial charge in [0.1, 0.15) is 6.23 Å². The lowest BCUT2D eigenvalue weighted by Crippen LogP contribution is -2.29. The van der Waals surface area contributed by atoms with Gasteiger partial charge in [0.15, 0.2) is 11.5 Å². The number of aromatic nitrogens is 2. The van der Waals surface area contributed by atoms with E-state index in [0.717, 1.165) is 12.8 Å².